The Hall–Kier alpha value is -3.60. The molecule has 35 heavy (non-hydrogen) atoms. The average Bonchev–Trinajstić information content (AvgIpc) is 3.21. The maximum atomic E-state index is 13.0. The number of hydrogen-bond acceptors (Lipinski definition) is 3. The van der Waals surface area contributed by atoms with Gasteiger partial charge >= 0.3 is 0 Å². The molecule has 182 valence electrons. The Morgan fingerprint density at radius 3 is 2.46 bits per heavy atom. The van der Waals surface area contributed by atoms with Crippen molar-refractivity contribution >= 4 is 16.8 Å². The van der Waals surface area contributed by atoms with Crippen LogP contribution in [0.5, 0.6) is 5.75 Å². The van der Waals surface area contributed by atoms with E-state index in [1.165, 1.54) is 22.0 Å². The number of aromatic nitrogens is 2. The van der Waals surface area contributed by atoms with Crippen molar-refractivity contribution in [3.63, 3.8) is 0 Å². The highest BCUT2D eigenvalue weighted by atomic mass is 16.5. The molecule has 5 heteroatoms. The van der Waals surface area contributed by atoms with Gasteiger partial charge in [-0.15, -0.1) is 0 Å². The number of rotatable bonds is 9. The molecule has 2 aromatic heterocycles. The van der Waals surface area contributed by atoms with Gasteiger partial charge in [-0.1, -0.05) is 57.2 Å². The van der Waals surface area contributed by atoms with Crippen molar-refractivity contribution in [1.82, 2.24) is 14.9 Å². The molecule has 4 aromatic rings. The van der Waals surface area contributed by atoms with E-state index < -0.39 is 0 Å². The van der Waals surface area contributed by atoms with Crippen LogP contribution in [0.4, 0.5) is 0 Å². The van der Waals surface area contributed by atoms with Crippen molar-refractivity contribution in [2.45, 2.75) is 46.1 Å². The molecule has 0 saturated carbocycles. The zero-order valence-electron chi connectivity index (χ0n) is 21.1. The molecule has 0 aliphatic heterocycles. The van der Waals surface area contributed by atoms with Gasteiger partial charge in [0, 0.05) is 54.9 Å². The highest BCUT2D eigenvalue weighted by molar-refractivity contribution is 5.86. The predicted molar refractivity (Wildman–Crippen MR) is 142 cm³/mol. The van der Waals surface area contributed by atoms with E-state index in [0.717, 1.165) is 24.4 Å². The van der Waals surface area contributed by atoms with E-state index in [9.17, 15) is 4.79 Å². The largest absolute Gasteiger partial charge is 0.497 e. The summed E-state index contributed by atoms with van der Waals surface area (Å²) in [5.74, 6) is 1.01. The number of pyridine rings is 1. The average molecular weight is 470 g/mol. The van der Waals surface area contributed by atoms with Crippen LogP contribution >= 0.6 is 0 Å². The van der Waals surface area contributed by atoms with Crippen molar-refractivity contribution in [2.24, 2.45) is 5.41 Å². The topological polar surface area (TPSA) is 56.1 Å². The molecule has 0 spiro atoms. The lowest BCUT2D eigenvalue weighted by Gasteiger charge is -2.30. The van der Waals surface area contributed by atoms with Crippen LogP contribution in [0.2, 0.25) is 0 Å². The molecular formula is C30H35N3O2. The second-order valence-electron chi connectivity index (χ2n) is 10.1. The summed E-state index contributed by atoms with van der Waals surface area (Å²) in [6.07, 6.45) is 5.21. The van der Waals surface area contributed by atoms with Crippen molar-refractivity contribution in [2.75, 3.05) is 13.7 Å². The second-order valence-corrected chi connectivity index (χ2v) is 10.1. The molecule has 0 aliphatic carbocycles. The maximum Gasteiger partial charge on any atom is 0.220 e. The molecule has 1 amide bonds. The number of para-hydroxylation sites is 1. The molecule has 2 heterocycles. The number of amides is 1. The number of carbonyl (C=O) groups is 1. The van der Waals surface area contributed by atoms with Gasteiger partial charge < -0.3 is 14.6 Å². The first-order valence-electron chi connectivity index (χ1n) is 12.2. The first-order valence-corrected chi connectivity index (χ1v) is 12.2. The minimum Gasteiger partial charge on any atom is -0.497 e. The summed E-state index contributed by atoms with van der Waals surface area (Å²) in [4.78, 5) is 17.4. The minimum absolute atomic E-state index is 0.0760. The molecule has 2 aromatic carbocycles. The third-order valence-electron chi connectivity index (χ3n) is 6.57. The van der Waals surface area contributed by atoms with E-state index in [2.05, 4.69) is 78.2 Å². The highest BCUT2D eigenvalue weighted by Crippen LogP contribution is 2.41. The Kier molecular flexibility index (Phi) is 7.54. The zero-order valence-corrected chi connectivity index (χ0v) is 21.1. The Bertz CT molecular complexity index is 1250. The van der Waals surface area contributed by atoms with E-state index in [-0.39, 0.29) is 17.2 Å². The van der Waals surface area contributed by atoms with Crippen LogP contribution in [-0.4, -0.2) is 29.1 Å². The fourth-order valence-electron chi connectivity index (χ4n) is 4.63. The summed E-state index contributed by atoms with van der Waals surface area (Å²) in [7, 11) is 1.68. The normalized spacial score (nSPS) is 12.5. The quantitative estimate of drug-likeness (QED) is 0.328. The third kappa shape index (κ3) is 6.10. The third-order valence-corrected chi connectivity index (χ3v) is 6.57. The highest BCUT2D eigenvalue weighted by Gasteiger charge is 2.31. The van der Waals surface area contributed by atoms with Crippen LogP contribution in [0, 0.1) is 5.41 Å². The number of fused-ring (bicyclic) bond motifs is 1. The van der Waals surface area contributed by atoms with Crippen LogP contribution < -0.4 is 10.1 Å². The van der Waals surface area contributed by atoms with Crippen LogP contribution in [0.3, 0.4) is 0 Å². The fourth-order valence-corrected chi connectivity index (χ4v) is 4.63. The van der Waals surface area contributed by atoms with Gasteiger partial charge in [-0.25, -0.2) is 0 Å². The van der Waals surface area contributed by atoms with E-state index in [1.54, 1.807) is 13.3 Å². The number of nitrogens with zero attached hydrogens (tertiary/aromatic N) is 2. The van der Waals surface area contributed by atoms with E-state index in [4.69, 9.17) is 4.74 Å². The van der Waals surface area contributed by atoms with Gasteiger partial charge in [-0.05, 0) is 52.8 Å². The molecule has 5 nitrogen and oxygen atoms in total. The van der Waals surface area contributed by atoms with Crippen LogP contribution in [0.25, 0.3) is 10.9 Å². The van der Waals surface area contributed by atoms with Gasteiger partial charge in [0.1, 0.15) is 5.75 Å². The smallest absolute Gasteiger partial charge is 0.220 e. The fraction of sp³-hybridized carbons (Fsp3) is 0.333. The number of nitrogens with one attached hydrogen (secondary N) is 1. The lowest BCUT2D eigenvalue weighted by molar-refractivity contribution is -0.122. The molecule has 1 atom stereocenters. The van der Waals surface area contributed by atoms with Gasteiger partial charge in [0.15, 0.2) is 0 Å². The summed E-state index contributed by atoms with van der Waals surface area (Å²) in [5, 5.41) is 4.32. The van der Waals surface area contributed by atoms with E-state index >= 15 is 0 Å². The van der Waals surface area contributed by atoms with Gasteiger partial charge in [0.05, 0.1) is 7.11 Å². The molecule has 0 bridgehead atoms. The number of ether oxygens (including phenoxy) is 1. The first kappa shape index (κ1) is 24.5. The van der Waals surface area contributed by atoms with Gasteiger partial charge in [-0.2, -0.15) is 0 Å². The van der Waals surface area contributed by atoms with Crippen molar-refractivity contribution in [3.05, 3.63) is 95.9 Å². The van der Waals surface area contributed by atoms with Crippen molar-refractivity contribution < 1.29 is 9.53 Å². The molecule has 0 radical (unpaired) electrons. The summed E-state index contributed by atoms with van der Waals surface area (Å²) < 4.78 is 7.60. The Morgan fingerprint density at radius 2 is 1.77 bits per heavy atom. The van der Waals surface area contributed by atoms with Crippen LogP contribution in [0.15, 0.2) is 79.1 Å². The Balaban J connectivity index is 1.55. The van der Waals surface area contributed by atoms with Crippen molar-refractivity contribution in [1.29, 1.82) is 0 Å². The minimum atomic E-state index is -0.0760. The summed E-state index contributed by atoms with van der Waals surface area (Å²) in [6.45, 7) is 8.00. The van der Waals surface area contributed by atoms with Crippen LogP contribution in [0.1, 0.15) is 49.9 Å². The summed E-state index contributed by atoms with van der Waals surface area (Å²) in [6, 6.07) is 22.5. The molecule has 0 fully saturated rings. The lowest BCUT2D eigenvalue weighted by Crippen LogP contribution is -2.30. The number of hydrogen-bond donors (Lipinski definition) is 1. The van der Waals surface area contributed by atoms with E-state index in [0.29, 0.717) is 13.0 Å². The Morgan fingerprint density at radius 1 is 1.03 bits per heavy atom. The Labute approximate surface area is 208 Å². The summed E-state index contributed by atoms with van der Waals surface area (Å²) in [5.41, 5.74) is 4.52. The molecule has 1 N–H and O–H groups in total. The van der Waals surface area contributed by atoms with E-state index in [1.807, 2.05) is 30.3 Å². The van der Waals surface area contributed by atoms with Crippen molar-refractivity contribution in [3.8, 4) is 5.75 Å². The second kappa shape index (κ2) is 10.8. The zero-order chi connectivity index (χ0) is 24.8. The molecule has 0 aliphatic rings. The van der Waals surface area contributed by atoms with Gasteiger partial charge in [-0.3, -0.25) is 9.78 Å². The molecule has 1 unspecified atom stereocenters. The van der Waals surface area contributed by atoms with Gasteiger partial charge in [0.2, 0.25) is 5.91 Å². The molecule has 0 saturated heterocycles. The standard InChI is InChI=1S/C30H35N3O2/c1-30(2,3)27(19-29(34)32-18-16-23-9-7-8-17-31-23)26-21-33(28-11-6-5-10-25(26)28)20-22-12-14-24(35-4)15-13-22/h5-15,17,21,27H,16,18-20H2,1-4H3,(H,32,34). The number of carbonyl (C=O) groups excluding carboxylic acids is 1. The monoisotopic (exact) mass is 469 g/mol. The number of methoxy groups -OCH3 is 1. The SMILES string of the molecule is COc1ccc(Cn2cc(C(CC(=O)NCCc3ccccn3)C(C)(C)C)c3ccccc32)cc1. The van der Waals surface area contributed by atoms with Gasteiger partial charge in [0.25, 0.3) is 0 Å². The predicted octanol–water partition coefficient (Wildman–Crippen LogP) is 5.97. The first-order chi connectivity index (χ1) is 16.8. The lowest BCUT2D eigenvalue weighted by atomic mass is 9.74. The number of benzene rings is 2. The van der Waals surface area contributed by atoms with Crippen LogP contribution in [-0.2, 0) is 17.8 Å². The molecular weight excluding hydrogens is 434 g/mol. The molecule has 4 rings (SSSR count). The maximum absolute atomic E-state index is 13.0. The summed E-state index contributed by atoms with van der Waals surface area (Å²) >= 11 is 0.